The summed E-state index contributed by atoms with van der Waals surface area (Å²) in [5, 5.41) is 14.8. The number of aromatic hydroxyl groups is 1. The predicted molar refractivity (Wildman–Crippen MR) is 103 cm³/mol. The van der Waals surface area contributed by atoms with Crippen molar-refractivity contribution in [2.75, 3.05) is 0 Å². The minimum Gasteiger partial charge on any atom is -0.494 e. The molecular weight excluding hydrogens is 326 g/mol. The fraction of sp³-hybridized carbons (Fsp3) is 0. The van der Waals surface area contributed by atoms with Crippen LogP contribution < -0.4 is 5.56 Å². The molecular formula is C21H11N3O2. The lowest BCUT2D eigenvalue weighted by Crippen LogP contribution is -1.96. The molecule has 3 aromatic carbocycles. The number of aromatic nitrogens is 3. The van der Waals surface area contributed by atoms with Crippen molar-refractivity contribution in [1.29, 1.82) is 0 Å². The van der Waals surface area contributed by atoms with Gasteiger partial charge in [0.25, 0.3) is 5.56 Å². The molecule has 0 aliphatic carbocycles. The summed E-state index contributed by atoms with van der Waals surface area (Å²) in [6.45, 7) is 0. The van der Waals surface area contributed by atoms with E-state index in [2.05, 4.69) is 4.98 Å². The first-order chi connectivity index (χ1) is 12.7. The van der Waals surface area contributed by atoms with Crippen LogP contribution in [0.2, 0.25) is 0 Å². The molecule has 0 saturated heterocycles. The third-order valence-corrected chi connectivity index (χ3v) is 5.06. The molecule has 0 amide bonds. The molecule has 0 atom stereocenters. The van der Waals surface area contributed by atoms with Gasteiger partial charge in [-0.25, -0.2) is 9.97 Å². The molecule has 5 heteroatoms. The van der Waals surface area contributed by atoms with Crippen molar-refractivity contribution in [2.45, 2.75) is 0 Å². The third-order valence-electron chi connectivity index (χ3n) is 5.06. The highest BCUT2D eigenvalue weighted by Gasteiger charge is 2.20. The normalized spacial score (nSPS) is 12.2. The molecule has 122 valence electrons. The second-order valence-corrected chi connectivity index (χ2v) is 6.48. The van der Waals surface area contributed by atoms with Crippen LogP contribution in [0.1, 0.15) is 0 Å². The second-order valence-electron chi connectivity index (χ2n) is 6.48. The van der Waals surface area contributed by atoms with Gasteiger partial charge in [-0.3, -0.25) is 9.78 Å². The summed E-state index contributed by atoms with van der Waals surface area (Å²) in [5.74, 6) is -0.129. The van der Waals surface area contributed by atoms with Crippen LogP contribution in [-0.2, 0) is 0 Å². The SMILES string of the molecule is O=c1[nH]c(O)c2c1c1c(cc3nc4ccccc4c32)nc2ccccc21. The summed E-state index contributed by atoms with van der Waals surface area (Å²) in [6, 6.07) is 17.4. The van der Waals surface area contributed by atoms with Gasteiger partial charge in [0.2, 0.25) is 0 Å². The van der Waals surface area contributed by atoms with E-state index in [9.17, 15) is 9.90 Å². The summed E-state index contributed by atoms with van der Waals surface area (Å²) < 4.78 is 0. The number of nitrogens with zero attached hydrogens (tertiary/aromatic N) is 2. The zero-order valence-corrected chi connectivity index (χ0v) is 13.4. The number of hydrogen-bond acceptors (Lipinski definition) is 4. The fourth-order valence-corrected chi connectivity index (χ4v) is 4.02. The van der Waals surface area contributed by atoms with Gasteiger partial charge in [0.15, 0.2) is 5.88 Å². The molecule has 26 heavy (non-hydrogen) atoms. The Morgan fingerprint density at radius 2 is 1.23 bits per heavy atom. The summed E-state index contributed by atoms with van der Waals surface area (Å²) in [4.78, 5) is 24.7. The van der Waals surface area contributed by atoms with Gasteiger partial charge in [-0.15, -0.1) is 0 Å². The Labute approximate surface area is 145 Å². The minimum atomic E-state index is -0.316. The second kappa shape index (κ2) is 4.46. The Hall–Kier alpha value is -3.73. The van der Waals surface area contributed by atoms with Crippen molar-refractivity contribution in [3.8, 4) is 5.88 Å². The van der Waals surface area contributed by atoms with E-state index >= 15 is 0 Å². The number of nitrogens with one attached hydrogen (secondary N) is 1. The fourth-order valence-electron chi connectivity index (χ4n) is 4.02. The highest BCUT2D eigenvalue weighted by Crippen LogP contribution is 2.39. The van der Waals surface area contributed by atoms with Crippen LogP contribution in [0.5, 0.6) is 5.88 Å². The van der Waals surface area contributed by atoms with Gasteiger partial charge in [0, 0.05) is 21.5 Å². The lowest BCUT2D eigenvalue weighted by atomic mass is 10.1. The topological polar surface area (TPSA) is 78.9 Å². The first-order valence-electron chi connectivity index (χ1n) is 8.30. The average Bonchev–Trinajstić information content (AvgIpc) is 3.23. The van der Waals surface area contributed by atoms with Crippen molar-refractivity contribution in [1.82, 2.24) is 15.0 Å². The van der Waals surface area contributed by atoms with E-state index in [0.717, 1.165) is 32.6 Å². The molecule has 2 N–H and O–H groups in total. The lowest BCUT2D eigenvalue weighted by Gasteiger charge is -1.92. The van der Waals surface area contributed by atoms with Crippen LogP contribution in [0, 0.1) is 0 Å². The predicted octanol–water partition coefficient (Wildman–Crippen LogP) is 4.07. The molecule has 3 aromatic heterocycles. The maximum Gasteiger partial charge on any atom is 0.259 e. The monoisotopic (exact) mass is 337 g/mol. The molecule has 6 rings (SSSR count). The molecule has 0 unspecified atom stereocenters. The van der Waals surface area contributed by atoms with E-state index in [4.69, 9.17) is 9.97 Å². The van der Waals surface area contributed by atoms with Crippen LogP contribution in [-0.4, -0.2) is 20.1 Å². The molecule has 0 aliphatic rings. The Morgan fingerprint density at radius 1 is 0.692 bits per heavy atom. The molecule has 0 fully saturated rings. The summed E-state index contributed by atoms with van der Waals surface area (Å²) >= 11 is 0. The number of aromatic amines is 1. The number of fused-ring (bicyclic) bond motifs is 9. The van der Waals surface area contributed by atoms with Crippen LogP contribution >= 0.6 is 0 Å². The van der Waals surface area contributed by atoms with E-state index in [0.29, 0.717) is 21.8 Å². The van der Waals surface area contributed by atoms with E-state index in [-0.39, 0.29) is 11.4 Å². The number of hydrogen-bond donors (Lipinski definition) is 2. The molecule has 0 aliphatic heterocycles. The standard InChI is InChI=1S/C21H11N3O2/c25-20-18-16-10-5-1-3-7-12(10)22-14(16)9-15-17(19(18)21(26)24-20)11-6-2-4-8-13(11)23-15/h1-9H,(H2,24,25,26). The van der Waals surface area contributed by atoms with Gasteiger partial charge in [-0.05, 0) is 18.2 Å². The maximum absolute atomic E-state index is 12.7. The third kappa shape index (κ3) is 1.52. The molecule has 6 aromatic rings. The van der Waals surface area contributed by atoms with Gasteiger partial charge in [-0.1, -0.05) is 36.4 Å². The van der Waals surface area contributed by atoms with E-state index in [1.807, 2.05) is 54.6 Å². The Morgan fingerprint density at radius 3 is 1.85 bits per heavy atom. The Bertz CT molecular complexity index is 1570. The number of benzene rings is 2. The average molecular weight is 337 g/mol. The molecule has 0 radical (unpaired) electrons. The Kier molecular flexibility index (Phi) is 2.32. The number of rotatable bonds is 0. The zero-order chi connectivity index (χ0) is 17.4. The van der Waals surface area contributed by atoms with Crippen molar-refractivity contribution >= 4 is 54.4 Å². The van der Waals surface area contributed by atoms with Crippen LogP contribution in [0.25, 0.3) is 54.4 Å². The minimum absolute atomic E-state index is 0.129. The number of para-hydroxylation sites is 2. The van der Waals surface area contributed by atoms with Gasteiger partial charge in [-0.2, -0.15) is 0 Å². The maximum atomic E-state index is 12.7. The molecule has 3 heterocycles. The summed E-state index contributed by atoms with van der Waals surface area (Å²) in [6.07, 6.45) is 0. The van der Waals surface area contributed by atoms with E-state index < -0.39 is 0 Å². The molecule has 5 nitrogen and oxygen atoms in total. The van der Waals surface area contributed by atoms with Crippen LogP contribution in [0.15, 0.2) is 59.4 Å². The van der Waals surface area contributed by atoms with Crippen molar-refractivity contribution in [3.05, 3.63) is 65.0 Å². The zero-order valence-electron chi connectivity index (χ0n) is 13.4. The van der Waals surface area contributed by atoms with Gasteiger partial charge >= 0.3 is 0 Å². The van der Waals surface area contributed by atoms with Crippen molar-refractivity contribution in [3.63, 3.8) is 0 Å². The Balaban J connectivity index is 2.09. The molecule has 0 bridgehead atoms. The first-order valence-corrected chi connectivity index (χ1v) is 8.30. The van der Waals surface area contributed by atoms with E-state index in [1.165, 1.54) is 0 Å². The van der Waals surface area contributed by atoms with Crippen molar-refractivity contribution in [2.24, 2.45) is 0 Å². The van der Waals surface area contributed by atoms with Crippen LogP contribution in [0.3, 0.4) is 0 Å². The molecule has 0 saturated carbocycles. The summed E-state index contributed by atoms with van der Waals surface area (Å²) in [5.41, 5.74) is 2.74. The van der Waals surface area contributed by atoms with Gasteiger partial charge in [0.05, 0.1) is 32.8 Å². The highest BCUT2D eigenvalue weighted by atomic mass is 16.3. The highest BCUT2D eigenvalue weighted by molar-refractivity contribution is 6.30. The van der Waals surface area contributed by atoms with Crippen molar-refractivity contribution < 1.29 is 5.11 Å². The van der Waals surface area contributed by atoms with Gasteiger partial charge < -0.3 is 5.11 Å². The van der Waals surface area contributed by atoms with Crippen LogP contribution in [0.4, 0.5) is 0 Å². The van der Waals surface area contributed by atoms with E-state index in [1.54, 1.807) is 0 Å². The summed E-state index contributed by atoms with van der Waals surface area (Å²) in [7, 11) is 0. The first kappa shape index (κ1) is 13.5. The number of H-pyrrole nitrogens is 1. The molecule has 0 spiro atoms. The smallest absolute Gasteiger partial charge is 0.259 e. The quantitative estimate of drug-likeness (QED) is 0.438. The lowest BCUT2D eigenvalue weighted by molar-refractivity contribution is 0.462. The largest absolute Gasteiger partial charge is 0.494 e. The van der Waals surface area contributed by atoms with Gasteiger partial charge in [0.1, 0.15) is 0 Å².